The van der Waals surface area contributed by atoms with Gasteiger partial charge in [-0.05, 0) is 35.7 Å². The molecule has 1 amide bonds. The van der Waals surface area contributed by atoms with E-state index >= 15 is 0 Å². The van der Waals surface area contributed by atoms with Crippen LogP contribution in [-0.4, -0.2) is 27.8 Å². The molecule has 0 saturated carbocycles. The minimum absolute atomic E-state index is 0.0809. The second-order valence-corrected chi connectivity index (χ2v) is 6.86. The number of methoxy groups -OCH3 is 1. The highest BCUT2D eigenvalue weighted by Gasteiger charge is 2.38. The summed E-state index contributed by atoms with van der Waals surface area (Å²) >= 11 is 6.46. The normalized spacial score (nSPS) is 18.9. The van der Waals surface area contributed by atoms with Crippen molar-refractivity contribution in [2.75, 3.05) is 12.0 Å². The number of anilines is 1. The molecule has 6 nitrogen and oxygen atoms in total. The highest BCUT2D eigenvalue weighted by atomic mass is 35.5. The van der Waals surface area contributed by atoms with Crippen LogP contribution in [0.1, 0.15) is 36.6 Å². The SMILES string of the molecule is COc1ccc([C@@H]2C[C@@H](c3ccccc3Cl)n3ncnc3N2C(C)=O)cc1. The maximum atomic E-state index is 12.5. The highest BCUT2D eigenvalue weighted by Crippen LogP contribution is 2.43. The molecule has 3 aromatic rings. The molecule has 1 aromatic heterocycles. The zero-order valence-electron chi connectivity index (χ0n) is 15.0. The molecule has 1 aliphatic heterocycles. The smallest absolute Gasteiger partial charge is 0.231 e. The van der Waals surface area contributed by atoms with Crippen LogP contribution in [0.2, 0.25) is 5.02 Å². The first kappa shape index (κ1) is 17.5. The number of rotatable bonds is 3. The molecule has 138 valence electrons. The lowest BCUT2D eigenvalue weighted by Gasteiger charge is -2.38. The quantitative estimate of drug-likeness (QED) is 0.686. The van der Waals surface area contributed by atoms with Gasteiger partial charge in [0, 0.05) is 11.9 Å². The number of halogens is 1. The van der Waals surface area contributed by atoms with Gasteiger partial charge >= 0.3 is 0 Å². The first-order valence-electron chi connectivity index (χ1n) is 8.68. The van der Waals surface area contributed by atoms with Gasteiger partial charge in [0.1, 0.15) is 12.1 Å². The van der Waals surface area contributed by atoms with E-state index in [2.05, 4.69) is 10.1 Å². The summed E-state index contributed by atoms with van der Waals surface area (Å²) in [7, 11) is 1.63. The van der Waals surface area contributed by atoms with Crippen molar-refractivity contribution in [2.24, 2.45) is 0 Å². The van der Waals surface area contributed by atoms with Crippen molar-refractivity contribution in [1.29, 1.82) is 0 Å². The predicted octanol–water partition coefficient (Wildman–Crippen LogP) is 4.03. The van der Waals surface area contributed by atoms with Gasteiger partial charge in [0.15, 0.2) is 0 Å². The first-order chi connectivity index (χ1) is 13.1. The van der Waals surface area contributed by atoms with E-state index < -0.39 is 0 Å². The van der Waals surface area contributed by atoms with Crippen LogP contribution in [-0.2, 0) is 4.79 Å². The Bertz CT molecular complexity index is 970. The zero-order chi connectivity index (χ0) is 19.0. The van der Waals surface area contributed by atoms with Gasteiger partial charge < -0.3 is 4.74 Å². The van der Waals surface area contributed by atoms with Gasteiger partial charge in [-0.15, -0.1) is 0 Å². The summed E-state index contributed by atoms with van der Waals surface area (Å²) in [4.78, 5) is 18.5. The molecule has 4 rings (SSSR count). The van der Waals surface area contributed by atoms with E-state index in [4.69, 9.17) is 16.3 Å². The van der Waals surface area contributed by atoms with Gasteiger partial charge in [0.25, 0.3) is 0 Å². The van der Waals surface area contributed by atoms with Crippen LogP contribution in [0, 0.1) is 0 Å². The Balaban J connectivity index is 1.83. The molecule has 0 bridgehead atoms. The van der Waals surface area contributed by atoms with Crippen LogP contribution < -0.4 is 9.64 Å². The maximum Gasteiger partial charge on any atom is 0.231 e. The molecule has 27 heavy (non-hydrogen) atoms. The summed E-state index contributed by atoms with van der Waals surface area (Å²) in [6.07, 6.45) is 2.12. The van der Waals surface area contributed by atoms with E-state index in [9.17, 15) is 4.79 Å². The monoisotopic (exact) mass is 382 g/mol. The molecule has 0 radical (unpaired) electrons. The maximum absolute atomic E-state index is 12.5. The van der Waals surface area contributed by atoms with Gasteiger partial charge in [-0.3, -0.25) is 9.69 Å². The summed E-state index contributed by atoms with van der Waals surface area (Å²) in [5.41, 5.74) is 1.98. The fourth-order valence-electron chi connectivity index (χ4n) is 3.67. The summed E-state index contributed by atoms with van der Waals surface area (Å²) in [6.45, 7) is 1.55. The molecular formula is C20H19ClN4O2. The molecule has 2 atom stereocenters. The number of benzene rings is 2. The van der Waals surface area contributed by atoms with E-state index in [-0.39, 0.29) is 18.0 Å². The Morgan fingerprint density at radius 1 is 1.15 bits per heavy atom. The zero-order valence-corrected chi connectivity index (χ0v) is 15.8. The van der Waals surface area contributed by atoms with Crippen LogP contribution in [0.25, 0.3) is 0 Å². The Labute approximate surface area is 162 Å². The van der Waals surface area contributed by atoms with E-state index in [1.165, 1.54) is 6.33 Å². The molecule has 2 heterocycles. The number of carbonyl (C=O) groups excluding carboxylic acids is 1. The van der Waals surface area contributed by atoms with Gasteiger partial charge in [-0.2, -0.15) is 10.1 Å². The largest absolute Gasteiger partial charge is 0.497 e. The average molecular weight is 383 g/mol. The molecule has 7 heteroatoms. The van der Waals surface area contributed by atoms with Crippen molar-refractivity contribution >= 4 is 23.5 Å². The van der Waals surface area contributed by atoms with E-state index in [0.717, 1.165) is 16.9 Å². The van der Waals surface area contributed by atoms with Crippen molar-refractivity contribution in [3.8, 4) is 5.75 Å². The van der Waals surface area contributed by atoms with Crippen LogP contribution in [0.4, 0.5) is 5.95 Å². The lowest BCUT2D eigenvalue weighted by atomic mass is 9.92. The predicted molar refractivity (Wildman–Crippen MR) is 103 cm³/mol. The molecule has 0 aliphatic carbocycles. The standard InChI is InChI=1S/C20H19ClN4O2/c1-13(26)24-18(14-7-9-15(27-2)10-8-14)11-19(25-20(24)22-12-23-25)16-5-3-4-6-17(16)21/h3-10,12,18-19H,11H2,1-2H3/t18-,19-/m0/s1. The summed E-state index contributed by atoms with van der Waals surface area (Å²) in [6, 6.07) is 15.2. The van der Waals surface area contributed by atoms with Crippen LogP contribution in [0.3, 0.4) is 0 Å². The van der Waals surface area contributed by atoms with Crippen molar-refractivity contribution < 1.29 is 9.53 Å². The average Bonchev–Trinajstić information content (AvgIpc) is 3.16. The lowest BCUT2D eigenvalue weighted by molar-refractivity contribution is -0.117. The third-order valence-corrected chi connectivity index (χ3v) is 5.27. The molecule has 0 fully saturated rings. The molecular weight excluding hydrogens is 364 g/mol. The van der Waals surface area contributed by atoms with Crippen molar-refractivity contribution in [1.82, 2.24) is 14.8 Å². The fourth-order valence-corrected chi connectivity index (χ4v) is 3.93. The van der Waals surface area contributed by atoms with E-state index in [1.54, 1.807) is 23.6 Å². The van der Waals surface area contributed by atoms with E-state index in [0.29, 0.717) is 17.4 Å². The second-order valence-electron chi connectivity index (χ2n) is 6.46. The number of aromatic nitrogens is 3. The van der Waals surface area contributed by atoms with Crippen molar-refractivity contribution in [3.05, 3.63) is 71.0 Å². The molecule has 2 aromatic carbocycles. The molecule has 0 unspecified atom stereocenters. The number of hydrogen-bond acceptors (Lipinski definition) is 4. The summed E-state index contributed by atoms with van der Waals surface area (Å²) in [5.74, 6) is 1.22. The van der Waals surface area contributed by atoms with Gasteiger partial charge in [0.05, 0.1) is 19.2 Å². The van der Waals surface area contributed by atoms with Crippen molar-refractivity contribution in [3.63, 3.8) is 0 Å². The third kappa shape index (κ3) is 3.06. The lowest BCUT2D eigenvalue weighted by Crippen LogP contribution is -2.41. The summed E-state index contributed by atoms with van der Waals surface area (Å²) in [5, 5.41) is 5.05. The number of amides is 1. The Hall–Kier alpha value is -2.86. The Kier molecular flexibility index (Phi) is 4.58. The summed E-state index contributed by atoms with van der Waals surface area (Å²) < 4.78 is 7.04. The van der Waals surface area contributed by atoms with Crippen LogP contribution in [0.15, 0.2) is 54.9 Å². The number of fused-ring (bicyclic) bond motifs is 1. The van der Waals surface area contributed by atoms with Gasteiger partial charge in [-0.1, -0.05) is 41.9 Å². The number of hydrogen-bond donors (Lipinski definition) is 0. The third-order valence-electron chi connectivity index (χ3n) is 4.93. The molecule has 1 aliphatic rings. The fraction of sp³-hybridized carbons (Fsp3) is 0.250. The Morgan fingerprint density at radius 3 is 2.56 bits per heavy atom. The number of nitrogens with zero attached hydrogens (tertiary/aromatic N) is 4. The Morgan fingerprint density at radius 2 is 1.89 bits per heavy atom. The first-order valence-corrected chi connectivity index (χ1v) is 9.05. The minimum atomic E-state index is -0.175. The topological polar surface area (TPSA) is 60.2 Å². The van der Waals surface area contributed by atoms with Gasteiger partial charge in [0.2, 0.25) is 11.9 Å². The van der Waals surface area contributed by atoms with Crippen LogP contribution in [0.5, 0.6) is 5.75 Å². The molecule has 0 spiro atoms. The highest BCUT2D eigenvalue weighted by molar-refractivity contribution is 6.31. The minimum Gasteiger partial charge on any atom is -0.497 e. The van der Waals surface area contributed by atoms with Gasteiger partial charge in [-0.25, -0.2) is 4.68 Å². The van der Waals surface area contributed by atoms with Crippen molar-refractivity contribution in [2.45, 2.75) is 25.4 Å². The van der Waals surface area contributed by atoms with Crippen LogP contribution >= 0.6 is 11.6 Å². The number of ether oxygens (including phenoxy) is 1. The number of carbonyl (C=O) groups is 1. The van der Waals surface area contributed by atoms with E-state index in [1.807, 2.05) is 48.5 Å². The molecule has 0 saturated heterocycles. The molecule has 0 N–H and O–H groups in total. The second kappa shape index (κ2) is 7.04.